The summed E-state index contributed by atoms with van der Waals surface area (Å²) in [5.41, 5.74) is 5.25. The first-order chi connectivity index (χ1) is 5.86. The van der Waals surface area contributed by atoms with Crippen molar-refractivity contribution in [1.82, 2.24) is 9.03 Å². The Kier molecular flexibility index (Phi) is 5.38. The fourth-order valence-corrected chi connectivity index (χ4v) is 1.40. The normalized spacial score (nSPS) is 11.9. The number of rotatable bonds is 6. The van der Waals surface area contributed by atoms with Gasteiger partial charge in [0.1, 0.15) is 0 Å². The van der Waals surface area contributed by atoms with E-state index in [2.05, 4.69) is 16.9 Å². The van der Waals surface area contributed by atoms with Crippen LogP contribution in [0.25, 0.3) is 0 Å². The van der Waals surface area contributed by atoms with E-state index in [0.717, 1.165) is 4.31 Å². The lowest BCUT2D eigenvalue weighted by Crippen LogP contribution is -2.36. The van der Waals surface area contributed by atoms with Crippen LogP contribution in [-0.2, 0) is 10.2 Å². The molecule has 0 aromatic rings. The Balaban J connectivity index is 3.72. The molecule has 0 spiro atoms. The third kappa shape index (κ3) is 5.92. The molecule has 0 radical (unpaired) electrons. The molecule has 0 atom stereocenters. The molecule has 0 saturated carbocycles. The average Bonchev–Trinajstić information content (AvgIpc) is 1.97. The molecule has 0 amide bonds. The smallest absolute Gasteiger partial charge is 0.278 e. The third-order valence-electron chi connectivity index (χ3n) is 1.37. The first-order valence-corrected chi connectivity index (χ1v) is 5.66. The van der Waals surface area contributed by atoms with Gasteiger partial charge < -0.3 is 5.73 Å². The summed E-state index contributed by atoms with van der Waals surface area (Å²) in [6.07, 6.45) is 1.19. The monoisotopic (exact) mass is 225 g/mol. The molecule has 0 aliphatic rings. The average molecular weight is 225 g/mol. The zero-order chi connectivity index (χ0) is 10.5. The van der Waals surface area contributed by atoms with E-state index < -0.39 is 10.2 Å². The fraction of sp³-hybridized carbons (Fsp3) is 0.833. The molecule has 0 saturated heterocycles. The molecule has 13 heavy (non-hydrogen) atoms. The Labute approximate surface area is 84.5 Å². The van der Waals surface area contributed by atoms with Gasteiger partial charge in [-0.25, -0.2) is 4.72 Å². The van der Waals surface area contributed by atoms with Crippen molar-refractivity contribution in [2.75, 3.05) is 20.6 Å². The molecule has 0 fully saturated rings. The van der Waals surface area contributed by atoms with E-state index in [1.54, 1.807) is 0 Å². The van der Waals surface area contributed by atoms with Gasteiger partial charge in [0.15, 0.2) is 0 Å². The Morgan fingerprint density at radius 2 is 2.08 bits per heavy atom. The van der Waals surface area contributed by atoms with E-state index in [4.69, 9.17) is 5.73 Å². The maximum absolute atomic E-state index is 11.1. The zero-order valence-corrected chi connectivity index (χ0v) is 9.41. The molecule has 0 aliphatic heterocycles. The SMILES string of the molecule is CN(C)S(=O)(=O)NCCCC(N)=S. The van der Waals surface area contributed by atoms with E-state index in [1.807, 2.05) is 0 Å². The van der Waals surface area contributed by atoms with Gasteiger partial charge >= 0.3 is 0 Å². The molecule has 7 heteroatoms. The molecule has 0 heterocycles. The van der Waals surface area contributed by atoms with Crippen LogP contribution in [0.1, 0.15) is 12.8 Å². The van der Waals surface area contributed by atoms with Crippen molar-refractivity contribution in [2.24, 2.45) is 5.73 Å². The van der Waals surface area contributed by atoms with Crippen LogP contribution >= 0.6 is 12.2 Å². The largest absolute Gasteiger partial charge is 0.393 e. The van der Waals surface area contributed by atoms with Crippen molar-refractivity contribution in [3.8, 4) is 0 Å². The van der Waals surface area contributed by atoms with Gasteiger partial charge in [-0.15, -0.1) is 0 Å². The van der Waals surface area contributed by atoms with Gasteiger partial charge in [0, 0.05) is 20.6 Å². The predicted octanol–water partition coefficient (Wildman–Crippen LogP) is -0.551. The highest BCUT2D eigenvalue weighted by Crippen LogP contribution is 1.91. The lowest BCUT2D eigenvalue weighted by atomic mass is 10.3. The molecule has 3 N–H and O–H groups in total. The topological polar surface area (TPSA) is 75.4 Å². The van der Waals surface area contributed by atoms with Gasteiger partial charge in [-0.1, -0.05) is 12.2 Å². The summed E-state index contributed by atoms with van der Waals surface area (Å²) < 4.78 is 25.8. The molecule has 0 aromatic carbocycles. The van der Waals surface area contributed by atoms with Crippen LogP contribution in [0.2, 0.25) is 0 Å². The zero-order valence-electron chi connectivity index (χ0n) is 7.78. The summed E-state index contributed by atoms with van der Waals surface area (Å²) in [6.45, 7) is 0.359. The number of nitrogens with one attached hydrogen (secondary N) is 1. The van der Waals surface area contributed by atoms with Crippen molar-refractivity contribution >= 4 is 27.4 Å². The van der Waals surface area contributed by atoms with Gasteiger partial charge in [-0.2, -0.15) is 12.7 Å². The van der Waals surface area contributed by atoms with Crippen LogP contribution in [0.5, 0.6) is 0 Å². The summed E-state index contributed by atoms with van der Waals surface area (Å²) in [6, 6.07) is 0. The van der Waals surface area contributed by atoms with Crippen molar-refractivity contribution in [3.05, 3.63) is 0 Å². The molecule has 0 bridgehead atoms. The second kappa shape index (κ2) is 5.48. The molecular formula is C6H15N3O2S2. The summed E-state index contributed by atoms with van der Waals surface area (Å²) in [5, 5.41) is 0. The van der Waals surface area contributed by atoms with Crippen LogP contribution in [0.4, 0.5) is 0 Å². The summed E-state index contributed by atoms with van der Waals surface area (Å²) in [4.78, 5) is 0.407. The third-order valence-corrected chi connectivity index (χ3v) is 3.10. The van der Waals surface area contributed by atoms with Crippen molar-refractivity contribution in [1.29, 1.82) is 0 Å². The Morgan fingerprint density at radius 1 is 1.54 bits per heavy atom. The number of nitrogens with zero attached hydrogens (tertiary/aromatic N) is 1. The lowest BCUT2D eigenvalue weighted by Gasteiger charge is -2.11. The molecule has 0 aromatic heterocycles. The maximum atomic E-state index is 11.1. The predicted molar refractivity (Wildman–Crippen MR) is 56.6 cm³/mol. The van der Waals surface area contributed by atoms with E-state index >= 15 is 0 Å². The summed E-state index contributed by atoms with van der Waals surface area (Å²) >= 11 is 4.64. The maximum Gasteiger partial charge on any atom is 0.278 e. The Hall–Kier alpha value is -0.240. The number of hydrogen-bond acceptors (Lipinski definition) is 3. The molecule has 78 valence electrons. The van der Waals surface area contributed by atoms with E-state index in [9.17, 15) is 8.42 Å². The minimum absolute atomic E-state index is 0.359. The van der Waals surface area contributed by atoms with Crippen LogP contribution in [0, 0.1) is 0 Å². The molecule has 0 unspecified atom stereocenters. The minimum Gasteiger partial charge on any atom is -0.393 e. The number of nitrogens with two attached hydrogens (primary N) is 1. The first kappa shape index (κ1) is 12.8. The minimum atomic E-state index is -3.30. The van der Waals surface area contributed by atoms with E-state index in [0.29, 0.717) is 24.4 Å². The van der Waals surface area contributed by atoms with Crippen molar-refractivity contribution in [2.45, 2.75) is 12.8 Å². The van der Waals surface area contributed by atoms with Crippen LogP contribution in [-0.4, -0.2) is 38.4 Å². The van der Waals surface area contributed by atoms with Gasteiger partial charge in [-0.3, -0.25) is 0 Å². The van der Waals surface area contributed by atoms with Crippen molar-refractivity contribution in [3.63, 3.8) is 0 Å². The highest BCUT2D eigenvalue weighted by atomic mass is 32.2. The summed E-state index contributed by atoms with van der Waals surface area (Å²) in [7, 11) is -0.361. The molecular weight excluding hydrogens is 210 g/mol. The van der Waals surface area contributed by atoms with E-state index in [1.165, 1.54) is 14.1 Å². The van der Waals surface area contributed by atoms with Gasteiger partial charge in [0.05, 0.1) is 4.99 Å². The van der Waals surface area contributed by atoms with Gasteiger partial charge in [0.2, 0.25) is 0 Å². The van der Waals surface area contributed by atoms with Gasteiger partial charge in [-0.05, 0) is 12.8 Å². The fourth-order valence-electron chi connectivity index (χ4n) is 0.593. The molecule has 5 nitrogen and oxygen atoms in total. The van der Waals surface area contributed by atoms with Crippen LogP contribution in [0.15, 0.2) is 0 Å². The quantitative estimate of drug-likeness (QED) is 0.470. The van der Waals surface area contributed by atoms with E-state index in [-0.39, 0.29) is 0 Å². The second-order valence-electron chi connectivity index (χ2n) is 2.75. The number of thiocarbonyl (C=S) groups is 1. The lowest BCUT2D eigenvalue weighted by molar-refractivity contribution is 0.504. The first-order valence-electron chi connectivity index (χ1n) is 3.81. The van der Waals surface area contributed by atoms with Crippen LogP contribution < -0.4 is 10.5 Å². The standard InChI is InChI=1S/C6H15N3O2S2/c1-9(2)13(10,11)8-5-3-4-6(7)12/h8H,3-5H2,1-2H3,(H2,7,12). The molecule has 0 aliphatic carbocycles. The Morgan fingerprint density at radius 3 is 2.46 bits per heavy atom. The second-order valence-corrected chi connectivity index (χ2v) is 5.25. The molecule has 0 rings (SSSR count). The number of hydrogen-bond donors (Lipinski definition) is 2. The van der Waals surface area contributed by atoms with Crippen molar-refractivity contribution < 1.29 is 8.42 Å². The highest BCUT2D eigenvalue weighted by molar-refractivity contribution is 7.87. The Bertz CT molecular complexity index is 261. The van der Waals surface area contributed by atoms with Gasteiger partial charge in [0.25, 0.3) is 10.2 Å². The summed E-state index contributed by atoms with van der Waals surface area (Å²) in [5.74, 6) is 0. The highest BCUT2D eigenvalue weighted by Gasteiger charge is 2.10. The van der Waals surface area contributed by atoms with Crippen LogP contribution in [0.3, 0.4) is 0 Å².